The van der Waals surface area contributed by atoms with Crippen molar-refractivity contribution in [1.82, 2.24) is 10.4 Å². The molecule has 46 heavy (non-hydrogen) atoms. The number of ether oxygens (including phenoxy) is 3. The van der Waals surface area contributed by atoms with Crippen molar-refractivity contribution in [2.45, 2.75) is 110 Å². The quantitative estimate of drug-likeness (QED) is 0.111. The van der Waals surface area contributed by atoms with Crippen molar-refractivity contribution in [2.75, 3.05) is 13.2 Å². The van der Waals surface area contributed by atoms with E-state index in [1.807, 2.05) is 6.07 Å². The second-order valence-electron chi connectivity index (χ2n) is 13.4. The van der Waals surface area contributed by atoms with Crippen LogP contribution in [0.2, 0.25) is 13.3 Å². The number of fused-ring (bicyclic) bond motifs is 1. The number of hydrogen-bond donors (Lipinski definition) is 1. The van der Waals surface area contributed by atoms with Gasteiger partial charge in [-0.25, -0.2) is 0 Å². The average molecular weight is 732 g/mol. The van der Waals surface area contributed by atoms with Gasteiger partial charge in [0, 0.05) is 0 Å². The third-order valence-corrected chi connectivity index (χ3v) is 24.0. The summed E-state index contributed by atoms with van der Waals surface area (Å²) < 4.78 is 27.0. The molecule has 0 aliphatic carbocycles. The molecule has 3 aromatic carbocycles. The molecule has 1 N–H and O–H groups in total. The summed E-state index contributed by atoms with van der Waals surface area (Å²) in [5.41, 5.74) is 9.16. The molecule has 2 heterocycles. The molecular formula is C40H56N2O3Sn. The molecule has 5 rings (SSSR count). The van der Waals surface area contributed by atoms with Crippen LogP contribution in [0.5, 0.6) is 0 Å². The van der Waals surface area contributed by atoms with E-state index in [9.17, 15) is 0 Å². The van der Waals surface area contributed by atoms with Crippen molar-refractivity contribution in [3.05, 3.63) is 117 Å². The number of unbranched alkanes of at least 4 members (excludes halogenated alkanes) is 3. The number of nitrogens with one attached hydrogen (secondary N) is 1. The molecule has 0 saturated carbocycles. The minimum absolute atomic E-state index is 0.0160. The van der Waals surface area contributed by atoms with Crippen LogP contribution in [0.1, 0.15) is 82.3 Å². The van der Waals surface area contributed by atoms with Crippen molar-refractivity contribution < 1.29 is 14.2 Å². The molecule has 2 fully saturated rings. The molecule has 0 aromatic heterocycles. The molecule has 0 radical (unpaired) electrons. The van der Waals surface area contributed by atoms with Gasteiger partial charge in [0.2, 0.25) is 0 Å². The molecule has 2 aliphatic rings. The third kappa shape index (κ3) is 10.0. The van der Waals surface area contributed by atoms with Crippen LogP contribution >= 0.6 is 0 Å². The molecule has 0 bridgehead atoms. The van der Waals surface area contributed by atoms with Crippen molar-refractivity contribution in [3.63, 3.8) is 0 Å². The van der Waals surface area contributed by atoms with Crippen molar-refractivity contribution in [1.29, 1.82) is 0 Å². The Bertz CT molecular complexity index is 1240. The number of hydrogen-bond acceptors (Lipinski definition) is 5. The predicted octanol–water partition coefficient (Wildman–Crippen LogP) is 9.39. The third-order valence-electron chi connectivity index (χ3n) is 9.65. The molecule has 5 nitrogen and oxygen atoms in total. The Labute approximate surface area is 282 Å². The standard InChI is InChI=1S/C28H29N2O3.3C4H9.Sn/c1-21-19-31-25-20-32-28(24-15-9-4-10-16-24)33-27(25)26(21)29-30(17-22-11-5-2-6-12-22)18-23-13-7-3-8-14-23;3*1-3-4-2;/h1-16,25-29H,17-20H2;3*1,3-4H2,2H3;/t25-,26+,27+,28+;;;;/m1..../s1. The Morgan fingerprint density at radius 3 is 1.76 bits per heavy atom. The molecule has 0 amide bonds. The number of benzene rings is 3. The van der Waals surface area contributed by atoms with E-state index in [4.69, 9.17) is 14.2 Å². The molecule has 6 heteroatoms. The van der Waals surface area contributed by atoms with Crippen LogP contribution in [0.4, 0.5) is 0 Å². The zero-order valence-electron chi connectivity index (χ0n) is 28.4. The van der Waals surface area contributed by atoms with Crippen LogP contribution < -0.4 is 5.43 Å². The van der Waals surface area contributed by atoms with E-state index in [1.165, 1.54) is 68.5 Å². The first-order chi connectivity index (χ1) is 22.6. The fourth-order valence-electron chi connectivity index (χ4n) is 7.08. The fraction of sp³-hybridized carbons (Fsp3) is 0.500. The van der Waals surface area contributed by atoms with E-state index in [0.717, 1.165) is 18.7 Å². The number of hydrazine groups is 1. The van der Waals surface area contributed by atoms with Gasteiger partial charge in [-0.3, -0.25) is 0 Å². The SMILES string of the molecule is CCC[CH2][Sn](/[CH]=C1\CO[C@@H]2CO[C@H](c3ccccc3)O[C@@H]2[C@H]1NN(Cc1ccccc1)Cc1ccccc1)([CH2]CCC)[CH2]CCC. The Kier molecular flexibility index (Phi) is 14.2. The van der Waals surface area contributed by atoms with Gasteiger partial charge < -0.3 is 0 Å². The van der Waals surface area contributed by atoms with Crippen molar-refractivity contribution in [3.8, 4) is 0 Å². The van der Waals surface area contributed by atoms with Gasteiger partial charge in [0.25, 0.3) is 0 Å². The summed E-state index contributed by atoms with van der Waals surface area (Å²) in [6.07, 6.45) is 7.15. The number of nitrogens with zero attached hydrogens (tertiary/aromatic N) is 1. The van der Waals surface area contributed by atoms with Gasteiger partial charge in [-0.15, -0.1) is 0 Å². The van der Waals surface area contributed by atoms with Crippen LogP contribution in [0, 0.1) is 0 Å². The van der Waals surface area contributed by atoms with Gasteiger partial charge in [0.1, 0.15) is 0 Å². The first kappa shape index (κ1) is 35.3. The van der Waals surface area contributed by atoms with Crippen molar-refractivity contribution >= 4 is 18.4 Å². The summed E-state index contributed by atoms with van der Waals surface area (Å²) in [6, 6.07) is 32.0. The summed E-state index contributed by atoms with van der Waals surface area (Å²) in [7, 11) is 0. The second kappa shape index (κ2) is 18.5. The van der Waals surface area contributed by atoms with E-state index >= 15 is 0 Å². The Hall–Kier alpha value is -2.00. The molecule has 3 aromatic rings. The minimum atomic E-state index is -2.67. The van der Waals surface area contributed by atoms with E-state index in [1.54, 1.807) is 0 Å². The number of rotatable bonds is 17. The van der Waals surface area contributed by atoms with Crippen LogP contribution in [-0.2, 0) is 27.3 Å². The van der Waals surface area contributed by atoms with Crippen LogP contribution in [0.25, 0.3) is 0 Å². The maximum absolute atomic E-state index is 6.92. The molecular weight excluding hydrogens is 675 g/mol. The van der Waals surface area contributed by atoms with Crippen LogP contribution in [0.15, 0.2) is 101 Å². The first-order valence-corrected chi connectivity index (χ1v) is 25.6. The summed E-state index contributed by atoms with van der Waals surface area (Å²) in [4.78, 5) is 0. The second-order valence-corrected chi connectivity index (χ2v) is 26.2. The Morgan fingerprint density at radius 1 is 0.717 bits per heavy atom. The molecule has 248 valence electrons. The molecule has 4 atom stereocenters. The van der Waals surface area contributed by atoms with Gasteiger partial charge in [0.05, 0.1) is 0 Å². The van der Waals surface area contributed by atoms with Gasteiger partial charge in [0.15, 0.2) is 0 Å². The molecule has 2 saturated heterocycles. The van der Waals surface area contributed by atoms with E-state index in [0.29, 0.717) is 13.2 Å². The summed E-state index contributed by atoms with van der Waals surface area (Å²) in [5.74, 6) is 0. The van der Waals surface area contributed by atoms with Gasteiger partial charge in [-0.05, 0) is 0 Å². The van der Waals surface area contributed by atoms with E-state index in [-0.39, 0.29) is 18.2 Å². The predicted molar refractivity (Wildman–Crippen MR) is 192 cm³/mol. The van der Waals surface area contributed by atoms with Crippen LogP contribution in [-0.4, -0.2) is 54.8 Å². The Morgan fingerprint density at radius 2 is 1.24 bits per heavy atom. The van der Waals surface area contributed by atoms with Gasteiger partial charge >= 0.3 is 284 Å². The zero-order valence-corrected chi connectivity index (χ0v) is 31.3. The van der Waals surface area contributed by atoms with Crippen molar-refractivity contribution in [2.24, 2.45) is 0 Å². The molecule has 0 unspecified atom stereocenters. The van der Waals surface area contributed by atoms with E-state index < -0.39 is 24.7 Å². The molecule has 0 spiro atoms. The Balaban J connectivity index is 1.53. The average Bonchev–Trinajstić information content (AvgIpc) is 3.11. The zero-order chi connectivity index (χ0) is 32.0. The first-order valence-electron chi connectivity index (χ1n) is 17.9. The monoisotopic (exact) mass is 732 g/mol. The van der Waals surface area contributed by atoms with Crippen LogP contribution in [0.3, 0.4) is 0 Å². The molecule has 2 aliphatic heterocycles. The normalized spacial score (nSPS) is 22.7. The topological polar surface area (TPSA) is 43.0 Å². The van der Waals surface area contributed by atoms with Gasteiger partial charge in [-0.1, -0.05) is 0 Å². The summed E-state index contributed by atoms with van der Waals surface area (Å²) in [6.45, 7) is 9.84. The summed E-state index contributed by atoms with van der Waals surface area (Å²) in [5, 5.41) is 2.41. The maximum atomic E-state index is 6.92. The van der Waals surface area contributed by atoms with Gasteiger partial charge in [-0.2, -0.15) is 0 Å². The fourth-order valence-corrected chi connectivity index (χ4v) is 22.5. The van der Waals surface area contributed by atoms with E-state index in [2.05, 4.69) is 120 Å². The summed E-state index contributed by atoms with van der Waals surface area (Å²) >= 11 is -2.67.